The number of halogens is 1. The highest BCUT2D eigenvalue weighted by Crippen LogP contribution is 2.29. The molecule has 2 unspecified atom stereocenters. The number of carboxylic acids is 1. The van der Waals surface area contributed by atoms with Gasteiger partial charge in [-0.3, -0.25) is 9.59 Å². The average Bonchev–Trinajstić information content (AvgIpc) is 2.75. The highest BCUT2D eigenvalue weighted by Gasteiger charge is 2.47. The average molecular weight is 342 g/mol. The van der Waals surface area contributed by atoms with E-state index < -0.39 is 17.4 Å². The lowest BCUT2D eigenvalue weighted by atomic mass is 9.85. The summed E-state index contributed by atoms with van der Waals surface area (Å²) >= 11 is 3.33. The molecule has 1 aliphatic heterocycles. The molecule has 108 valence electrons. The van der Waals surface area contributed by atoms with E-state index in [0.29, 0.717) is 10.0 Å². The quantitative estimate of drug-likeness (QED) is 0.881. The van der Waals surface area contributed by atoms with E-state index >= 15 is 0 Å². The second-order valence-corrected chi connectivity index (χ2v) is 6.10. The number of rotatable bonds is 3. The van der Waals surface area contributed by atoms with Crippen LogP contribution in [0.3, 0.4) is 0 Å². The number of aryl methyl sites for hydroxylation is 1. The SMILES string of the molecule is Cc1ccc(Br)c(C(=O)NC2COCC2(C)C(=O)O)c1. The number of nitrogens with one attached hydrogen (secondary N) is 1. The summed E-state index contributed by atoms with van der Waals surface area (Å²) in [4.78, 5) is 23.6. The molecule has 5 nitrogen and oxygen atoms in total. The zero-order chi connectivity index (χ0) is 14.9. The number of ether oxygens (including phenoxy) is 1. The van der Waals surface area contributed by atoms with Crippen molar-refractivity contribution in [3.8, 4) is 0 Å². The molecule has 20 heavy (non-hydrogen) atoms. The molecule has 0 radical (unpaired) electrons. The molecule has 0 spiro atoms. The molecule has 1 heterocycles. The monoisotopic (exact) mass is 341 g/mol. The van der Waals surface area contributed by atoms with Crippen LogP contribution in [0.1, 0.15) is 22.8 Å². The molecular formula is C14H16BrNO4. The van der Waals surface area contributed by atoms with Crippen molar-refractivity contribution in [2.45, 2.75) is 19.9 Å². The third kappa shape index (κ3) is 2.71. The highest BCUT2D eigenvalue weighted by molar-refractivity contribution is 9.10. The molecule has 2 N–H and O–H groups in total. The van der Waals surface area contributed by atoms with Gasteiger partial charge in [0.1, 0.15) is 5.41 Å². The standard InChI is InChI=1S/C14H16BrNO4/c1-8-3-4-10(15)9(5-8)12(17)16-11-6-20-7-14(11,2)13(18)19/h3-5,11H,6-7H2,1-2H3,(H,16,17)(H,18,19). The Balaban J connectivity index is 2.19. The molecule has 0 saturated carbocycles. The van der Waals surface area contributed by atoms with Gasteiger partial charge in [0.15, 0.2) is 0 Å². The van der Waals surface area contributed by atoms with Gasteiger partial charge < -0.3 is 15.2 Å². The zero-order valence-corrected chi connectivity index (χ0v) is 12.9. The fourth-order valence-corrected chi connectivity index (χ4v) is 2.56. The van der Waals surface area contributed by atoms with Gasteiger partial charge in [0.05, 0.1) is 24.8 Å². The number of aliphatic carboxylic acids is 1. The third-order valence-corrected chi connectivity index (χ3v) is 4.31. The van der Waals surface area contributed by atoms with Crippen LogP contribution in [-0.2, 0) is 9.53 Å². The van der Waals surface area contributed by atoms with Crippen molar-refractivity contribution < 1.29 is 19.4 Å². The molecule has 1 fully saturated rings. The van der Waals surface area contributed by atoms with E-state index in [4.69, 9.17) is 4.74 Å². The van der Waals surface area contributed by atoms with Crippen LogP contribution in [0.2, 0.25) is 0 Å². The Morgan fingerprint density at radius 1 is 1.50 bits per heavy atom. The van der Waals surface area contributed by atoms with Gasteiger partial charge in [-0.15, -0.1) is 0 Å². The first-order chi connectivity index (χ1) is 9.34. The first kappa shape index (κ1) is 15.0. The number of carbonyl (C=O) groups is 2. The van der Waals surface area contributed by atoms with Crippen LogP contribution in [0.4, 0.5) is 0 Å². The molecular weight excluding hydrogens is 326 g/mol. The summed E-state index contributed by atoms with van der Waals surface area (Å²) in [6.07, 6.45) is 0. The second-order valence-electron chi connectivity index (χ2n) is 5.25. The lowest BCUT2D eigenvalue weighted by molar-refractivity contribution is -0.148. The molecule has 1 aromatic carbocycles. The first-order valence-corrected chi connectivity index (χ1v) is 7.02. The van der Waals surface area contributed by atoms with Gasteiger partial charge in [0.2, 0.25) is 0 Å². The van der Waals surface area contributed by atoms with Gasteiger partial charge in [-0.25, -0.2) is 0 Å². The summed E-state index contributed by atoms with van der Waals surface area (Å²) in [7, 11) is 0. The van der Waals surface area contributed by atoms with Crippen molar-refractivity contribution in [1.82, 2.24) is 5.32 Å². The lowest BCUT2D eigenvalue weighted by Crippen LogP contribution is -2.49. The van der Waals surface area contributed by atoms with Crippen molar-refractivity contribution in [2.24, 2.45) is 5.41 Å². The van der Waals surface area contributed by atoms with Gasteiger partial charge in [0, 0.05) is 4.47 Å². The summed E-state index contributed by atoms with van der Waals surface area (Å²) in [6, 6.07) is 4.90. The molecule has 2 atom stereocenters. The molecule has 2 rings (SSSR count). The minimum Gasteiger partial charge on any atom is -0.481 e. The van der Waals surface area contributed by atoms with Gasteiger partial charge in [-0.2, -0.15) is 0 Å². The van der Waals surface area contributed by atoms with Crippen LogP contribution in [0, 0.1) is 12.3 Å². The van der Waals surface area contributed by atoms with Gasteiger partial charge in [-0.05, 0) is 41.9 Å². The van der Waals surface area contributed by atoms with Crippen molar-refractivity contribution in [1.29, 1.82) is 0 Å². The van der Waals surface area contributed by atoms with E-state index in [1.165, 1.54) is 0 Å². The summed E-state index contributed by atoms with van der Waals surface area (Å²) < 4.78 is 5.89. The number of benzene rings is 1. The number of carbonyl (C=O) groups excluding carboxylic acids is 1. The number of amides is 1. The topological polar surface area (TPSA) is 75.6 Å². The third-order valence-electron chi connectivity index (χ3n) is 3.62. The Kier molecular flexibility index (Phi) is 4.15. The fourth-order valence-electron chi connectivity index (χ4n) is 2.13. The van der Waals surface area contributed by atoms with Crippen LogP contribution in [0.15, 0.2) is 22.7 Å². The minimum atomic E-state index is -1.09. The Morgan fingerprint density at radius 3 is 2.85 bits per heavy atom. The number of carboxylic acid groups (broad SMARTS) is 1. The molecule has 6 heteroatoms. The van der Waals surface area contributed by atoms with Crippen LogP contribution in [-0.4, -0.2) is 36.2 Å². The fraction of sp³-hybridized carbons (Fsp3) is 0.429. The Bertz CT molecular complexity index is 560. The highest BCUT2D eigenvalue weighted by atomic mass is 79.9. The van der Waals surface area contributed by atoms with Crippen molar-refractivity contribution in [3.63, 3.8) is 0 Å². The molecule has 1 aromatic rings. The molecule has 1 aliphatic rings. The van der Waals surface area contributed by atoms with Gasteiger partial charge in [-0.1, -0.05) is 11.6 Å². The largest absolute Gasteiger partial charge is 0.481 e. The lowest BCUT2D eigenvalue weighted by Gasteiger charge is -2.25. The van der Waals surface area contributed by atoms with E-state index in [1.807, 2.05) is 13.0 Å². The molecule has 1 saturated heterocycles. The minimum absolute atomic E-state index is 0.0995. The van der Waals surface area contributed by atoms with Crippen molar-refractivity contribution in [2.75, 3.05) is 13.2 Å². The predicted molar refractivity (Wildman–Crippen MR) is 76.7 cm³/mol. The van der Waals surface area contributed by atoms with E-state index in [-0.39, 0.29) is 19.1 Å². The van der Waals surface area contributed by atoms with Crippen LogP contribution >= 0.6 is 15.9 Å². The Hall–Kier alpha value is -1.40. The second kappa shape index (κ2) is 5.54. The van der Waals surface area contributed by atoms with E-state index in [1.54, 1.807) is 19.1 Å². The summed E-state index contributed by atoms with van der Waals surface area (Å²) in [5.41, 5.74) is 0.359. The summed E-state index contributed by atoms with van der Waals surface area (Å²) in [5, 5.41) is 12.0. The summed E-state index contributed by atoms with van der Waals surface area (Å²) in [6.45, 7) is 3.78. The maximum absolute atomic E-state index is 12.3. The van der Waals surface area contributed by atoms with Gasteiger partial charge in [0.25, 0.3) is 5.91 Å². The molecule has 0 bridgehead atoms. The maximum Gasteiger partial charge on any atom is 0.313 e. The Morgan fingerprint density at radius 2 is 2.20 bits per heavy atom. The molecule has 0 aromatic heterocycles. The predicted octanol–water partition coefficient (Wildman–Crippen LogP) is 1.98. The van der Waals surface area contributed by atoms with E-state index in [0.717, 1.165) is 5.56 Å². The first-order valence-electron chi connectivity index (χ1n) is 6.23. The number of hydrogen-bond acceptors (Lipinski definition) is 3. The summed E-state index contributed by atoms with van der Waals surface area (Å²) in [5.74, 6) is -1.27. The maximum atomic E-state index is 12.3. The van der Waals surface area contributed by atoms with Gasteiger partial charge >= 0.3 is 5.97 Å². The number of hydrogen-bond donors (Lipinski definition) is 2. The van der Waals surface area contributed by atoms with Crippen LogP contribution in [0.5, 0.6) is 0 Å². The van der Waals surface area contributed by atoms with Crippen molar-refractivity contribution in [3.05, 3.63) is 33.8 Å². The van der Waals surface area contributed by atoms with Crippen molar-refractivity contribution >= 4 is 27.8 Å². The zero-order valence-electron chi connectivity index (χ0n) is 11.3. The molecule has 1 amide bonds. The molecule has 0 aliphatic carbocycles. The smallest absolute Gasteiger partial charge is 0.313 e. The van der Waals surface area contributed by atoms with E-state index in [2.05, 4.69) is 21.2 Å². The normalized spacial score (nSPS) is 25.4. The van der Waals surface area contributed by atoms with E-state index in [9.17, 15) is 14.7 Å². The van der Waals surface area contributed by atoms with Crippen LogP contribution < -0.4 is 5.32 Å². The van der Waals surface area contributed by atoms with Crippen LogP contribution in [0.25, 0.3) is 0 Å². The Labute approximate surface area is 125 Å².